The fourth-order valence-corrected chi connectivity index (χ4v) is 4.16. The second kappa shape index (κ2) is 10.5. The van der Waals surface area contributed by atoms with Crippen molar-refractivity contribution in [3.05, 3.63) is 94.5 Å². The maximum atomic E-state index is 12.4. The van der Waals surface area contributed by atoms with Gasteiger partial charge in [-0.25, -0.2) is 0 Å². The second-order valence-electron chi connectivity index (χ2n) is 7.61. The summed E-state index contributed by atoms with van der Waals surface area (Å²) in [6.45, 7) is 4.05. The first-order valence-corrected chi connectivity index (χ1v) is 11.8. The lowest BCUT2D eigenvalue weighted by atomic mass is 10.1. The predicted molar refractivity (Wildman–Crippen MR) is 134 cm³/mol. The van der Waals surface area contributed by atoms with Gasteiger partial charge >= 0.3 is 0 Å². The van der Waals surface area contributed by atoms with Crippen molar-refractivity contribution in [3.63, 3.8) is 0 Å². The van der Waals surface area contributed by atoms with E-state index in [0.717, 1.165) is 22.4 Å². The molecule has 9 heteroatoms. The van der Waals surface area contributed by atoms with Gasteiger partial charge in [-0.1, -0.05) is 83.0 Å². The summed E-state index contributed by atoms with van der Waals surface area (Å²) in [5.74, 6) is -0.172. The molecule has 0 unspecified atom stereocenters. The largest absolute Gasteiger partial charge is 0.272 e. The number of hydrogen-bond donors (Lipinski definition) is 2. The van der Waals surface area contributed by atoms with Crippen LogP contribution in [0.15, 0.2) is 78.0 Å². The SMILES string of the molecule is Cc1ccc(-c2nnc(SCC(=O)NNC(=O)c3ccccc3Cl)n2-c2ccc(C)cc2)cc1. The van der Waals surface area contributed by atoms with E-state index < -0.39 is 5.91 Å². The molecule has 4 aromatic rings. The first kappa shape index (κ1) is 23.5. The van der Waals surface area contributed by atoms with Gasteiger partial charge in [-0.05, 0) is 38.1 Å². The molecule has 3 aromatic carbocycles. The molecule has 7 nitrogen and oxygen atoms in total. The summed E-state index contributed by atoms with van der Waals surface area (Å²) in [5.41, 5.74) is 9.17. The number of nitrogens with one attached hydrogen (secondary N) is 2. The minimum absolute atomic E-state index is 0.0285. The van der Waals surface area contributed by atoms with Crippen LogP contribution >= 0.6 is 23.4 Å². The van der Waals surface area contributed by atoms with E-state index in [1.165, 1.54) is 11.8 Å². The highest BCUT2D eigenvalue weighted by Crippen LogP contribution is 2.28. The fourth-order valence-electron chi connectivity index (χ4n) is 3.18. The van der Waals surface area contributed by atoms with Crippen LogP contribution in [0.4, 0.5) is 0 Å². The van der Waals surface area contributed by atoms with E-state index >= 15 is 0 Å². The van der Waals surface area contributed by atoms with Crippen LogP contribution in [0.5, 0.6) is 0 Å². The van der Waals surface area contributed by atoms with Crippen molar-refractivity contribution in [2.45, 2.75) is 19.0 Å². The van der Waals surface area contributed by atoms with Crippen molar-refractivity contribution in [1.29, 1.82) is 0 Å². The molecule has 0 saturated heterocycles. The van der Waals surface area contributed by atoms with Crippen LogP contribution in [0.2, 0.25) is 5.02 Å². The van der Waals surface area contributed by atoms with Crippen LogP contribution in [0.3, 0.4) is 0 Å². The Morgan fingerprint density at radius 1 is 0.882 bits per heavy atom. The highest BCUT2D eigenvalue weighted by molar-refractivity contribution is 7.99. The third kappa shape index (κ3) is 5.47. The van der Waals surface area contributed by atoms with Gasteiger partial charge in [0, 0.05) is 11.3 Å². The van der Waals surface area contributed by atoms with Crippen LogP contribution in [-0.2, 0) is 4.79 Å². The number of aromatic nitrogens is 3. The molecule has 2 amide bonds. The number of aryl methyl sites for hydroxylation is 2. The average Bonchev–Trinajstić information content (AvgIpc) is 3.26. The molecule has 0 atom stereocenters. The molecular weight excluding hydrogens is 470 g/mol. The third-order valence-corrected chi connectivity index (χ3v) is 6.26. The monoisotopic (exact) mass is 491 g/mol. The number of nitrogens with zero attached hydrogens (tertiary/aromatic N) is 3. The molecule has 172 valence electrons. The molecule has 34 heavy (non-hydrogen) atoms. The van der Waals surface area contributed by atoms with Crippen molar-refractivity contribution in [2.24, 2.45) is 0 Å². The molecule has 0 fully saturated rings. The van der Waals surface area contributed by atoms with Gasteiger partial charge in [0.15, 0.2) is 11.0 Å². The summed E-state index contributed by atoms with van der Waals surface area (Å²) in [6.07, 6.45) is 0. The van der Waals surface area contributed by atoms with Crippen molar-refractivity contribution < 1.29 is 9.59 Å². The van der Waals surface area contributed by atoms with Gasteiger partial charge in [0.05, 0.1) is 16.3 Å². The van der Waals surface area contributed by atoms with E-state index in [-0.39, 0.29) is 17.2 Å². The Labute approximate surface area is 206 Å². The molecule has 0 aliphatic heterocycles. The lowest BCUT2D eigenvalue weighted by molar-refractivity contribution is -0.119. The van der Waals surface area contributed by atoms with Gasteiger partial charge in [-0.3, -0.25) is 25.0 Å². The number of rotatable bonds is 6. The molecule has 2 N–H and O–H groups in total. The summed E-state index contributed by atoms with van der Waals surface area (Å²) >= 11 is 7.25. The number of hydrogen-bond acceptors (Lipinski definition) is 5. The maximum Gasteiger partial charge on any atom is 0.271 e. The summed E-state index contributed by atoms with van der Waals surface area (Å²) < 4.78 is 1.92. The molecule has 1 heterocycles. The van der Waals surface area contributed by atoms with E-state index in [1.54, 1.807) is 24.3 Å². The smallest absolute Gasteiger partial charge is 0.271 e. The predicted octanol–water partition coefficient (Wildman–Crippen LogP) is 4.76. The number of carbonyl (C=O) groups excluding carboxylic acids is 2. The van der Waals surface area contributed by atoms with E-state index in [9.17, 15) is 9.59 Å². The van der Waals surface area contributed by atoms with Gasteiger partial charge in [-0.2, -0.15) is 0 Å². The van der Waals surface area contributed by atoms with Gasteiger partial charge in [0.2, 0.25) is 5.91 Å². The summed E-state index contributed by atoms with van der Waals surface area (Å²) in [6, 6.07) is 22.6. The number of benzene rings is 3. The molecule has 4 rings (SSSR count). The van der Waals surface area contributed by atoms with Gasteiger partial charge < -0.3 is 0 Å². The first-order valence-electron chi connectivity index (χ1n) is 10.5. The zero-order valence-corrected chi connectivity index (χ0v) is 20.2. The maximum absolute atomic E-state index is 12.4. The molecule has 0 spiro atoms. The molecule has 0 bridgehead atoms. The first-order chi connectivity index (χ1) is 16.4. The Kier molecular flexibility index (Phi) is 7.30. The lowest BCUT2D eigenvalue weighted by Gasteiger charge is -2.11. The second-order valence-corrected chi connectivity index (χ2v) is 8.96. The molecular formula is C25H22ClN5O2S. The van der Waals surface area contributed by atoms with Crippen molar-refractivity contribution in [1.82, 2.24) is 25.6 Å². The Morgan fingerprint density at radius 2 is 1.53 bits per heavy atom. The van der Waals surface area contributed by atoms with Crippen LogP contribution in [0.25, 0.3) is 17.1 Å². The van der Waals surface area contributed by atoms with Crippen LogP contribution in [0.1, 0.15) is 21.5 Å². The van der Waals surface area contributed by atoms with E-state index in [0.29, 0.717) is 16.0 Å². The van der Waals surface area contributed by atoms with Crippen LogP contribution < -0.4 is 10.9 Å². The van der Waals surface area contributed by atoms with Crippen molar-refractivity contribution in [2.75, 3.05) is 5.75 Å². The van der Waals surface area contributed by atoms with Gasteiger partial charge in [0.1, 0.15) is 0 Å². The Bertz CT molecular complexity index is 1320. The summed E-state index contributed by atoms with van der Waals surface area (Å²) in [7, 11) is 0. The molecule has 0 radical (unpaired) electrons. The minimum atomic E-state index is -0.492. The Hall–Kier alpha value is -3.62. The van der Waals surface area contributed by atoms with Crippen molar-refractivity contribution in [3.8, 4) is 17.1 Å². The number of halogens is 1. The minimum Gasteiger partial charge on any atom is -0.272 e. The highest BCUT2D eigenvalue weighted by atomic mass is 35.5. The van der Waals surface area contributed by atoms with Gasteiger partial charge in [-0.15, -0.1) is 10.2 Å². The quantitative estimate of drug-likeness (QED) is 0.300. The zero-order valence-electron chi connectivity index (χ0n) is 18.6. The zero-order chi connectivity index (χ0) is 24.1. The van der Waals surface area contributed by atoms with Gasteiger partial charge in [0.25, 0.3) is 5.91 Å². The summed E-state index contributed by atoms with van der Waals surface area (Å²) in [4.78, 5) is 24.7. The number of amides is 2. The average molecular weight is 492 g/mol. The van der Waals surface area contributed by atoms with E-state index in [4.69, 9.17) is 11.6 Å². The normalized spacial score (nSPS) is 10.7. The summed E-state index contributed by atoms with van der Waals surface area (Å²) in [5, 5.41) is 9.59. The Morgan fingerprint density at radius 3 is 2.21 bits per heavy atom. The topological polar surface area (TPSA) is 88.9 Å². The number of carbonyl (C=O) groups is 2. The standard InChI is InChI=1S/C25H22ClN5O2S/c1-16-7-11-18(12-8-16)23-28-30-25(31(23)19-13-9-17(2)10-14-19)34-15-22(32)27-29-24(33)20-5-3-4-6-21(20)26/h3-14H,15H2,1-2H3,(H,27,32)(H,29,33). The fraction of sp³-hybridized carbons (Fsp3) is 0.120. The van der Waals surface area contributed by atoms with Crippen molar-refractivity contribution >= 4 is 35.2 Å². The van der Waals surface area contributed by atoms with Crippen LogP contribution in [0, 0.1) is 13.8 Å². The van der Waals surface area contributed by atoms with E-state index in [2.05, 4.69) is 21.0 Å². The Balaban J connectivity index is 1.49. The number of hydrazine groups is 1. The van der Waals surface area contributed by atoms with Crippen LogP contribution in [-0.4, -0.2) is 32.3 Å². The molecule has 1 aromatic heterocycles. The molecule has 0 saturated carbocycles. The van der Waals surface area contributed by atoms with E-state index in [1.807, 2.05) is 66.9 Å². The third-order valence-electron chi connectivity index (χ3n) is 5.00. The highest BCUT2D eigenvalue weighted by Gasteiger charge is 2.18. The molecule has 0 aliphatic carbocycles. The molecule has 0 aliphatic rings. The lowest BCUT2D eigenvalue weighted by Crippen LogP contribution is -2.42. The number of thioether (sulfide) groups is 1.